The first-order valence-corrected chi connectivity index (χ1v) is 7.35. The van der Waals surface area contributed by atoms with Gasteiger partial charge in [-0.25, -0.2) is 0 Å². The van der Waals surface area contributed by atoms with Crippen molar-refractivity contribution >= 4 is 29.2 Å². The Morgan fingerprint density at radius 2 is 1.95 bits per heavy atom. The molecule has 3 nitrogen and oxygen atoms in total. The smallest absolute Gasteiger partial charge is 0.320 e. The number of aliphatic carboxylic acids is 1. The molecule has 20 heavy (non-hydrogen) atoms. The van der Waals surface area contributed by atoms with E-state index in [-0.39, 0.29) is 5.41 Å². The summed E-state index contributed by atoms with van der Waals surface area (Å²) in [6.07, 6.45) is 1.44. The maximum atomic E-state index is 11.2. The molecule has 5 heteroatoms. The lowest BCUT2D eigenvalue weighted by molar-refractivity contribution is -0.139. The molecule has 0 aliphatic heterocycles. The maximum absolute atomic E-state index is 11.2. The zero-order valence-corrected chi connectivity index (χ0v) is 13.6. The van der Waals surface area contributed by atoms with Crippen molar-refractivity contribution in [2.24, 2.45) is 5.41 Å². The number of carboxylic acid groups (broad SMARTS) is 1. The van der Waals surface area contributed by atoms with E-state index in [4.69, 9.17) is 23.2 Å². The molecule has 112 valence electrons. The van der Waals surface area contributed by atoms with E-state index in [1.165, 1.54) is 0 Å². The van der Waals surface area contributed by atoms with Crippen LogP contribution in [0.5, 0.6) is 0 Å². The van der Waals surface area contributed by atoms with Crippen LogP contribution in [-0.2, 0) is 11.3 Å². The van der Waals surface area contributed by atoms with Gasteiger partial charge in [-0.1, -0.05) is 50.0 Å². The van der Waals surface area contributed by atoms with E-state index >= 15 is 0 Å². The van der Waals surface area contributed by atoms with Gasteiger partial charge in [0.05, 0.1) is 10.0 Å². The number of benzene rings is 1. The number of carbonyl (C=O) groups is 1. The van der Waals surface area contributed by atoms with Crippen LogP contribution in [0.4, 0.5) is 0 Å². The average molecular weight is 318 g/mol. The SMILES string of the molecule is CC(C)(C)CCC(NCc1ccc(Cl)c(Cl)c1)C(=O)O. The highest BCUT2D eigenvalue weighted by Gasteiger charge is 2.20. The molecule has 0 amide bonds. The van der Waals surface area contributed by atoms with Gasteiger partial charge in [-0.2, -0.15) is 0 Å². The van der Waals surface area contributed by atoms with Crippen molar-refractivity contribution in [3.63, 3.8) is 0 Å². The van der Waals surface area contributed by atoms with Crippen molar-refractivity contribution in [1.82, 2.24) is 5.32 Å². The van der Waals surface area contributed by atoms with Gasteiger partial charge in [0.15, 0.2) is 0 Å². The van der Waals surface area contributed by atoms with E-state index in [9.17, 15) is 9.90 Å². The summed E-state index contributed by atoms with van der Waals surface area (Å²) in [5.74, 6) is -0.825. The monoisotopic (exact) mass is 317 g/mol. The molecule has 0 spiro atoms. The van der Waals surface area contributed by atoms with Crippen LogP contribution in [0, 0.1) is 5.41 Å². The van der Waals surface area contributed by atoms with Crippen LogP contribution in [0.3, 0.4) is 0 Å². The van der Waals surface area contributed by atoms with Gasteiger partial charge in [-0.3, -0.25) is 4.79 Å². The normalized spacial score (nSPS) is 13.2. The molecule has 0 fully saturated rings. The molecule has 1 rings (SSSR count). The van der Waals surface area contributed by atoms with Gasteiger partial charge >= 0.3 is 5.97 Å². The summed E-state index contributed by atoms with van der Waals surface area (Å²) in [4.78, 5) is 11.2. The third-order valence-corrected chi connectivity index (χ3v) is 3.76. The highest BCUT2D eigenvalue weighted by molar-refractivity contribution is 6.42. The molecular formula is C15H21Cl2NO2. The molecular weight excluding hydrogens is 297 g/mol. The Kier molecular flexibility index (Phi) is 6.31. The fourth-order valence-electron chi connectivity index (χ4n) is 1.78. The van der Waals surface area contributed by atoms with Crippen LogP contribution in [0.1, 0.15) is 39.2 Å². The zero-order chi connectivity index (χ0) is 15.3. The van der Waals surface area contributed by atoms with Crippen LogP contribution in [0.25, 0.3) is 0 Å². The van der Waals surface area contributed by atoms with Gasteiger partial charge in [-0.05, 0) is 36.0 Å². The van der Waals surface area contributed by atoms with Gasteiger partial charge in [0.25, 0.3) is 0 Å². The summed E-state index contributed by atoms with van der Waals surface area (Å²) in [7, 11) is 0. The Morgan fingerprint density at radius 1 is 1.30 bits per heavy atom. The molecule has 1 aromatic carbocycles. The molecule has 0 bridgehead atoms. The molecule has 1 atom stereocenters. The summed E-state index contributed by atoms with van der Waals surface area (Å²) in [5.41, 5.74) is 1.04. The number of carboxylic acids is 1. The quantitative estimate of drug-likeness (QED) is 0.819. The molecule has 0 aliphatic carbocycles. The van der Waals surface area contributed by atoms with Crippen LogP contribution in [-0.4, -0.2) is 17.1 Å². The highest BCUT2D eigenvalue weighted by atomic mass is 35.5. The van der Waals surface area contributed by atoms with Crippen molar-refractivity contribution in [2.45, 2.75) is 46.2 Å². The third kappa shape index (κ3) is 6.12. The molecule has 0 saturated carbocycles. The van der Waals surface area contributed by atoms with Crippen molar-refractivity contribution in [3.05, 3.63) is 33.8 Å². The highest BCUT2D eigenvalue weighted by Crippen LogP contribution is 2.23. The van der Waals surface area contributed by atoms with E-state index in [0.29, 0.717) is 23.0 Å². The van der Waals surface area contributed by atoms with E-state index in [0.717, 1.165) is 12.0 Å². The second-order valence-electron chi connectivity index (χ2n) is 6.12. The molecule has 0 aromatic heterocycles. The van der Waals surface area contributed by atoms with Crippen LogP contribution < -0.4 is 5.32 Å². The average Bonchev–Trinajstić information content (AvgIpc) is 2.31. The fraction of sp³-hybridized carbons (Fsp3) is 0.533. The third-order valence-electron chi connectivity index (χ3n) is 3.02. The van der Waals surface area contributed by atoms with E-state index in [2.05, 4.69) is 26.1 Å². The van der Waals surface area contributed by atoms with Crippen LogP contribution >= 0.6 is 23.2 Å². The summed E-state index contributed by atoms with van der Waals surface area (Å²) in [5, 5.41) is 13.3. The van der Waals surface area contributed by atoms with E-state index < -0.39 is 12.0 Å². The minimum absolute atomic E-state index is 0.124. The van der Waals surface area contributed by atoms with Crippen molar-refractivity contribution in [3.8, 4) is 0 Å². The minimum atomic E-state index is -0.825. The Labute approximate surface area is 130 Å². The number of hydrogen-bond donors (Lipinski definition) is 2. The predicted octanol–water partition coefficient (Wildman–Crippen LogP) is 4.36. The number of nitrogens with one attached hydrogen (secondary N) is 1. The van der Waals surface area contributed by atoms with Gasteiger partial charge in [0, 0.05) is 6.54 Å². The van der Waals surface area contributed by atoms with Crippen molar-refractivity contribution < 1.29 is 9.90 Å². The molecule has 1 unspecified atom stereocenters. The van der Waals surface area contributed by atoms with E-state index in [1.54, 1.807) is 12.1 Å². The number of halogens is 2. The van der Waals surface area contributed by atoms with Gasteiger partial charge in [0.1, 0.15) is 6.04 Å². The topological polar surface area (TPSA) is 49.3 Å². The lowest BCUT2D eigenvalue weighted by Crippen LogP contribution is -2.37. The largest absolute Gasteiger partial charge is 0.480 e. The summed E-state index contributed by atoms with van der Waals surface area (Å²) in [6, 6.07) is 4.75. The maximum Gasteiger partial charge on any atom is 0.320 e. The second-order valence-corrected chi connectivity index (χ2v) is 6.93. The molecule has 2 N–H and O–H groups in total. The Hall–Kier alpha value is -0.770. The molecule has 0 aliphatic rings. The first-order valence-electron chi connectivity index (χ1n) is 6.59. The summed E-state index contributed by atoms with van der Waals surface area (Å²) in [6.45, 7) is 6.76. The minimum Gasteiger partial charge on any atom is -0.480 e. The fourth-order valence-corrected chi connectivity index (χ4v) is 2.10. The Balaban J connectivity index is 2.58. The lowest BCUT2D eigenvalue weighted by atomic mass is 9.88. The summed E-state index contributed by atoms with van der Waals surface area (Å²) < 4.78 is 0. The van der Waals surface area contributed by atoms with Gasteiger partial charge < -0.3 is 10.4 Å². The van der Waals surface area contributed by atoms with Gasteiger partial charge in [0.2, 0.25) is 0 Å². The zero-order valence-electron chi connectivity index (χ0n) is 12.0. The van der Waals surface area contributed by atoms with Gasteiger partial charge in [-0.15, -0.1) is 0 Å². The van der Waals surface area contributed by atoms with Crippen LogP contribution in [0.2, 0.25) is 10.0 Å². The number of hydrogen-bond acceptors (Lipinski definition) is 2. The van der Waals surface area contributed by atoms with E-state index in [1.807, 2.05) is 6.07 Å². The second kappa shape index (κ2) is 7.30. The summed E-state index contributed by atoms with van der Waals surface area (Å²) >= 11 is 11.8. The molecule has 1 aromatic rings. The van der Waals surface area contributed by atoms with Crippen molar-refractivity contribution in [2.75, 3.05) is 0 Å². The first kappa shape index (κ1) is 17.3. The Morgan fingerprint density at radius 3 is 2.45 bits per heavy atom. The molecule has 0 radical (unpaired) electrons. The molecule has 0 heterocycles. The first-order chi connectivity index (χ1) is 9.19. The predicted molar refractivity (Wildman–Crippen MR) is 83.4 cm³/mol. The number of rotatable bonds is 6. The lowest BCUT2D eigenvalue weighted by Gasteiger charge is -2.21. The van der Waals surface area contributed by atoms with Crippen molar-refractivity contribution in [1.29, 1.82) is 0 Å². The molecule has 0 saturated heterocycles. The van der Waals surface area contributed by atoms with Crippen LogP contribution in [0.15, 0.2) is 18.2 Å². The standard InChI is InChI=1S/C15H21Cl2NO2/c1-15(2,3)7-6-13(14(19)20)18-9-10-4-5-11(16)12(17)8-10/h4-5,8,13,18H,6-7,9H2,1-3H3,(H,19,20). The Bertz CT molecular complexity index is 469.